The molecule has 1 saturated heterocycles. The molecule has 0 aromatic heterocycles. The fourth-order valence-corrected chi connectivity index (χ4v) is 10.8. The van der Waals surface area contributed by atoms with Gasteiger partial charge in [-0.2, -0.15) is 0 Å². The summed E-state index contributed by atoms with van der Waals surface area (Å²) in [4.78, 5) is 14.1. The van der Waals surface area contributed by atoms with Crippen molar-refractivity contribution in [3.05, 3.63) is 22.8 Å². The molecular weight excluding hydrogens is 560 g/mol. The predicted molar refractivity (Wildman–Crippen MR) is 167 cm³/mol. The van der Waals surface area contributed by atoms with Crippen LogP contribution in [0, 0.1) is 39.4 Å². The van der Waals surface area contributed by atoms with E-state index in [2.05, 4.69) is 40.7 Å². The minimum atomic E-state index is -1.64. The minimum absolute atomic E-state index is 0.0496. The number of rotatable bonds is 7. The Balaban J connectivity index is 1.45. The van der Waals surface area contributed by atoms with Gasteiger partial charge in [-0.3, -0.25) is 4.79 Å². The summed E-state index contributed by atoms with van der Waals surface area (Å²) in [5.74, 6) is -0.403. The van der Waals surface area contributed by atoms with Crippen LogP contribution in [0.2, 0.25) is 0 Å². The molecule has 250 valence electrons. The molecule has 1 heterocycles. The van der Waals surface area contributed by atoms with E-state index in [9.17, 15) is 30.3 Å². The maximum absolute atomic E-state index is 14.1. The van der Waals surface area contributed by atoms with Gasteiger partial charge in [0, 0.05) is 0 Å². The number of allylic oxidation sites excluding steroid dienone is 4. The molecular formula is C36H58O8. The second-order valence-corrected chi connectivity index (χ2v) is 16.3. The third kappa shape index (κ3) is 5.24. The lowest BCUT2D eigenvalue weighted by Gasteiger charge is -2.62. The molecule has 0 aromatic carbocycles. The molecule has 0 amide bonds. The SMILES string of the molecule is CC(C)=CCC[C@@H](C(=O)O[C@@H]1[C@@H](O)[C@H](O)[C@@H](CO)O[C@H]1O)[C@H]1CC[C@@]2(C)C3=C(CC[C@]12C)[C@@]1(C)CC[C@@H](O)C(C)(C)[C@@H]1CC3. The lowest BCUT2D eigenvalue weighted by atomic mass is 9.43. The van der Waals surface area contributed by atoms with Crippen LogP contribution in [0.25, 0.3) is 0 Å². The van der Waals surface area contributed by atoms with E-state index in [1.807, 2.05) is 13.8 Å². The monoisotopic (exact) mass is 618 g/mol. The number of hydrogen-bond donors (Lipinski definition) is 5. The van der Waals surface area contributed by atoms with E-state index in [0.29, 0.717) is 12.3 Å². The van der Waals surface area contributed by atoms with Crippen molar-refractivity contribution in [2.45, 2.75) is 149 Å². The Labute approximate surface area is 263 Å². The predicted octanol–water partition coefficient (Wildman–Crippen LogP) is 4.80. The molecule has 1 aliphatic heterocycles. The second-order valence-electron chi connectivity index (χ2n) is 16.3. The van der Waals surface area contributed by atoms with Crippen molar-refractivity contribution in [2.24, 2.45) is 39.4 Å². The molecule has 0 spiro atoms. The summed E-state index contributed by atoms with van der Waals surface area (Å²) in [5, 5.41) is 52.1. The molecule has 0 radical (unpaired) electrons. The first-order valence-corrected chi connectivity index (χ1v) is 17.1. The Morgan fingerprint density at radius 1 is 0.955 bits per heavy atom. The standard InChI is InChI=1S/C36H58O8/c1-20(2)9-8-10-21(31(41)44-30-29(40)28(39)25(19-37)43-32(30)42)22-13-17-36(7)24-11-12-26-33(3,4)27(38)15-16-34(26,5)23(24)14-18-35(22,36)6/h9,21-22,25-30,32,37-40,42H,8,10-19H2,1-7H3/t21-,22-,25-,26+,27-,28-,29+,30-,32-,34-,35-,36+/m1/s1. The molecule has 44 heavy (non-hydrogen) atoms. The van der Waals surface area contributed by atoms with E-state index in [1.165, 1.54) is 5.57 Å². The van der Waals surface area contributed by atoms with Crippen LogP contribution in [0.4, 0.5) is 0 Å². The van der Waals surface area contributed by atoms with Gasteiger partial charge in [0.25, 0.3) is 0 Å². The van der Waals surface area contributed by atoms with E-state index in [1.54, 1.807) is 11.1 Å². The molecule has 5 N–H and O–H groups in total. The van der Waals surface area contributed by atoms with Crippen LogP contribution >= 0.6 is 0 Å². The quantitative estimate of drug-likeness (QED) is 0.203. The van der Waals surface area contributed by atoms with Gasteiger partial charge in [-0.15, -0.1) is 0 Å². The third-order valence-corrected chi connectivity index (χ3v) is 13.7. The Hall–Kier alpha value is -1.29. The maximum Gasteiger partial charge on any atom is 0.309 e. The molecule has 3 fully saturated rings. The Bertz CT molecular complexity index is 1160. The molecule has 2 saturated carbocycles. The third-order valence-electron chi connectivity index (χ3n) is 13.7. The first-order valence-electron chi connectivity index (χ1n) is 17.1. The summed E-state index contributed by atoms with van der Waals surface area (Å²) in [6, 6.07) is 0. The first kappa shape index (κ1) is 34.1. The van der Waals surface area contributed by atoms with Gasteiger partial charge in [-0.1, -0.05) is 57.4 Å². The normalized spacial score (nSPS) is 45.5. The van der Waals surface area contributed by atoms with Crippen molar-refractivity contribution in [1.82, 2.24) is 0 Å². The van der Waals surface area contributed by atoms with Gasteiger partial charge in [0.1, 0.15) is 18.3 Å². The summed E-state index contributed by atoms with van der Waals surface area (Å²) in [6.45, 7) is 15.3. The van der Waals surface area contributed by atoms with Crippen molar-refractivity contribution in [1.29, 1.82) is 0 Å². The van der Waals surface area contributed by atoms with Crippen LogP contribution < -0.4 is 0 Å². The Morgan fingerprint density at radius 2 is 1.66 bits per heavy atom. The van der Waals surface area contributed by atoms with Gasteiger partial charge < -0.3 is 35.0 Å². The van der Waals surface area contributed by atoms with Crippen molar-refractivity contribution >= 4 is 5.97 Å². The van der Waals surface area contributed by atoms with E-state index >= 15 is 0 Å². The first-order chi connectivity index (χ1) is 20.5. The summed E-state index contributed by atoms with van der Waals surface area (Å²) in [5.41, 5.74) is 4.19. The fraction of sp³-hybridized carbons (Fsp3) is 0.861. The maximum atomic E-state index is 14.1. The average molecular weight is 619 g/mol. The zero-order valence-corrected chi connectivity index (χ0v) is 28.0. The molecule has 5 rings (SSSR count). The largest absolute Gasteiger partial charge is 0.454 e. The van der Waals surface area contributed by atoms with Gasteiger partial charge in [0.05, 0.1) is 18.6 Å². The van der Waals surface area contributed by atoms with Crippen LogP contribution in [-0.2, 0) is 14.3 Å². The van der Waals surface area contributed by atoms with E-state index < -0.39 is 49.2 Å². The number of fused-ring (bicyclic) bond motifs is 4. The number of carbonyl (C=O) groups excluding carboxylic acids is 1. The van der Waals surface area contributed by atoms with Gasteiger partial charge >= 0.3 is 5.97 Å². The molecule has 0 unspecified atom stereocenters. The number of aliphatic hydroxyl groups excluding tert-OH is 5. The highest BCUT2D eigenvalue weighted by atomic mass is 16.7. The Morgan fingerprint density at radius 3 is 2.32 bits per heavy atom. The van der Waals surface area contributed by atoms with Gasteiger partial charge in [0.2, 0.25) is 0 Å². The van der Waals surface area contributed by atoms with Gasteiger partial charge in [-0.25, -0.2) is 0 Å². The van der Waals surface area contributed by atoms with E-state index in [4.69, 9.17) is 9.47 Å². The lowest BCUT2D eigenvalue weighted by molar-refractivity contribution is -0.292. The van der Waals surface area contributed by atoms with Crippen molar-refractivity contribution < 1.29 is 39.8 Å². The Kier molecular flexibility index (Phi) is 9.33. The fourth-order valence-electron chi connectivity index (χ4n) is 10.8. The van der Waals surface area contributed by atoms with Crippen LogP contribution in [0.15, 0.2) is 22.8 Å². The summed E-state index contributed by atoms with van der Waals surface area (Å²) < 4.78 is 11.1. The number of aliphatic hydroxyl groups is 5. The topological polar surface area (TPSA) is 137 Å². The smallest absolute Gasteiger partial charge is 0.309 e. The van der Waals surface area contributed by atoms with Crippen LogP contribution in [-0.4, -0.2) is 74.9 Å². The highest BCUT2D eigenvalue weighted by Crippen LogP contribution is 2.72. The summed E-state index contributed by atoms with van der Waals surface area (Å²) >= 11 is 0. The summed E-state index contributed by atoms with van der Waals surface area (Å²) in [6.07, 6.45) is 3.77. The highest BCUT2D eigenvalue weighted by Gasteiger charge is 2.64. The second kappa shape index (κ2) is 12.1. The zero-order chi connectivity index (χ0) is 32.4. The van der Waals surface area contributed by atoms with E-state index in [0.717, 1.165) is 57.8 Å². The van der Waals surface area contributed by atoms with Crippen molar-refractivity contribution in [2.75, 3.05) is 6.61 Å². The van der Waals surface area contributed by atoms with Gasteiger partial charge in [0.15, 0.2) is 12.4 Å². The van der Waals surface area contributed by atoms with E-state index in [-0.39, 0.29) is 33.7 Å². The average Bonchev–Trinajstić information content (AvgIpc) is 3.24. The number of ether oxygens (including phenoxy) is 2. The molecule has 4 aliphatic carbocycles. The zero-order valence-electron chi connectivity index (χ0n) is 28.0. The molecule has 0 bridgehead atoms. The van der Waals surface area contributed by atoms with Crippen molar-refractivity contribution in [3.63, 3.8) is 0 Å². The van der Waals surface area contributed by atoms with Crippen molar-refractivity contribution in [3.8, 4) is 0 Å². The number of hydrogen-bond acceptors (Lipinski definition) is 8. The molecule has 8 nitrogen and oxygen atoms in total. The molecule has 8 heteroatoms. The lowest BCUT2D eigenvalue weighted by Crippen LogP contribution is -2.60. The molecule has 12 atom stereocenters. The number of esters is 1. The summed E-state index contributed by atoms with van der Waals surface area (Å²) in [7, 11) is 0. The molecule has 0 aromatic rings. The van der Waals surface area contributed by atoms with Crippen LogP contribution in [0.1, 0.15) is 113 Å². The molecule has 5 aliphatic rings. The number of carbonyl (C=O) groups is 1. The minimum Gasteiger partial charge on any atom is -0.454 e. The highest BCUT2D eigenvalue weighted by molar-refractivity contribution is 5.73. The van der Waals surface area contributed by atoms with Crippen LogP contribution in [0.3, 0.4) is 0 Å². The van der Waals surface area contributed by atoms with Gasteiger partial charge in [-0.05, 0) is 112 Å². The van der Waals surface area contributed by atoms with Crippen LogP contribution in [0.5, 0.6) is 0 Å².